The highest BCUT2D eigenvalue weighted by Gasteiger charge is 2.36. The Hall–Kier alpha value is -2.91. The highest BCUT2D eigenvalue weighted by atomic mass is 19.4. The molecule has 7 nitrogen and oxygen atoms in total. The van der Waals surface area contributed by atoms with Crippen LogP contribution >= 0.6 is 0 Å². The number of carbonyl (C=O) groups excluding carboxylic acids is 2. The van der Waals surface area contributed by atoms with Gasteiger partial charge in [0, 0.05) is 5.70 Å². The van der Waals surface area contributed by atoms with Gasteiger partial charge in [-0.2, -0.15) is 13.2 Å². The molecule has 1 aliphatic heterocycles. The van der Waals surface area contributed by atoms with E-state index in [9.17, 15) is 22.8 Å². The smallest absolute Gasteiger partial charge is 0.422 e. The first kappa shape index (κ1) is 21.4. The monoisotopic (exact) mass is 402 g/mol. The van der Waals surface area contributed by atoms with Gasteiger partial charge in [-0.15, -0.1) is 0 Å². The fourth-order valence-corrected chi connectivity index (χ4v) is 2.63. The summed E-state index contributed by atoms with van der Waals surface area (Å²) in [6.45, 7) is 2.09. The Labute approximate surface area is 159 Å². The number of hydrogen-bond donors (Lipinski definition) is 2. The number of alkyl halides is 3. The molecule has 1 aromatic rings. The summed E-state index contributed by atoms with van der Waals surface area (Å²) in [7, 11) is 1.43. The molecule has 0 fully saturated rings. The topological polar surface area (TPSA) is 85.9 Å². The van der Waals surface area contributed by atoms with Crippen LogP contribution in [0.5, 0.6) is 11.5 Å². The van der Waals surface area contributed by atoms with Gasteiger partial charge in [0.1, 0.15) is 0 Å². The highest BCUT2D eigenvalue weighted by Crippen LogP contribution is 2.34. The van der Waals surface area contributed by atoms with Crippen molar-refractivity contribution in [3.8, 4) is 11.5 Å². The fraction of sp³-hybridized carbons (Fsp3) is 0.444. The molecule has 1 heterocycles. The number of urea groups is 1. The summed E-state index contributed by atoms with van der Waals surface area (Å²) in [5.74, 6) is -0.354. The van der Waals surface area contributed by atoms with Crippen molar-refractivity contribution >= 4 is 12.0 Å². The van der Waals surface area contributed by atoms with Crippen molar-refractivity contribution in [1.82, 2.24) is 10.6 Å². The maximum absolute atomic E-state index is 12.4. The number of hydrogen-bond acceptors (Lipinski definition) is 5. The Morgan fingerprint density at radius 2 is 1.96 bits per heavy atom. The molecule has 0 radical (unpaired) electrons. The summed E-state index contributed by atoms with van der Waals surface area (Å²) in [5, 5.41) is 4.89. The van der Waals surface area contributed by atoms with Crippen LogP contribution in [0, 0.1) is 0 Å². The molecule has 0 bridgehead atoms. The number of esters is 1. The van der Waals surface area contributed by atoms with Gasteiger partial charge in [-0.3, -0.25) is 0 Å². The lowest BCUT2D eigenvalue weighted by atomic mass is 9.95. The minimum atomic E-state index is -4.66. The Morgan fingerprint density at radius 3 is 2.57 bits per heavy atom. The molecule has 10 heteroatoms. The molecular weight excluding hydrogens is 381 g/mol. The molecule has 1 atom stereocenters. The number of allylic oxidation sites excluding steroid dienone is 1. The zero-order valence-corrected chi connectivity index (χ0v) is 15.6. The Balaban J connectivity index is 2.36. The lowest BCUT2D eigenvalue weighted by Crippen LogP contribution is -2.45. The first-order valence-electron chi connectivity index (χ1n) is 8.49. The van der Waals surface area contributed by atoms with Gasteiger partial charge in [0.15, 0.2) is 18.1 Å². The van der Waals surface area contributed by atoms with E-state index >= 15 is 0 Å². The standard InChI is InChI=1S/C18H21F3N2O5/c1-4-7-27-12-6-5-11(8-13(12)26-3)15-14(10(2)22-17(25)23-15)16(24)28-9-18(19,20)21/h5-6,8,15H,4,7,9H2,1-3H3,(H2,22,23,25)/t15-/m1/s1. The minimum absolute atomic E-state index is 0.103. The van der Waals surface area contributed by atoms with Crippen molar-refractivity contribution in [2.75, 3.05) is 20.3 Å². The summed E-state index contributed by atoms with van der Waals surface area (Å²) in [5.41, 5.74) is 0.396. The Morgan fingerprint density at radius 1 is 1.25 bits per heavy atom. The molecule has 2 N–H and O–H groups in total. The van der Waals surface area contributed by atoms with Crippen LogP contribution in [-0.4, -0.2) is 38.5 Å². The fourth-order valence-electron chi connectivity index (χ4n) is 2.63. The minimum Gasteiger partial charge on any atom is -0.493 e. The molecule has 0 unspecified atom stereocenters. The summed E-state index contributed by atoms with van der Waals surface area (Å²) in [4.78, 5) is 24.1. The van der Waals surface area contributed by atoms with Crippen LogP contribution in [0.4, 0.5) is 18.0 Å². The molecule has 1 aliphatic rings. The SMILES string of the molecule is CCCOc1ccc([C@H]2NC(=O)NC(C)=C2C(=O)OCC(F)(F)F)cc1OC. The van der Waals surface area contributed by atoms with E-state index in [4.69, 9.17) is 9.47 Å². The third-order valence-corrected chi connectivity index (χ3v) is 3.84. The van der Waals surface area contributed by atoms with E-state index < -0.39 is 30.8 Å². The maximum Gasteiger partial charge on any atom is 0.422 e. The highest BCUT2D eigenvalue weighted by molar-refractivity contribution is 5.95. The first-order chi connectivity index (χ1) is 13.2. The van der Waals surface area contributed by atoms with Gasteiger partial charge in [-0.25, -0.2) is 9.59 Å². The summed E-state index contributed by atoms with van der Waals surface area (Å²) in [6.07, 6.45) is -3.88. The summed E-state index contributed by atoms with van der Waals surface area (Å²) < 4.78 is 52.4. The number of halogens is 3. The molecule has 1 aromatic carbocycles. The number of amides is 2. The molecule has 0 saturated heterocycles. The van der Waals surface area contributed by atoms with Crippen LogP contribution in [-0.2, 0) is 9.53 Å². The van der Waals surface area contributed by atoms with Crippen molar-refractivity contribution < 1.29 is 37.0 Å². The Kier molecular flexibility index (Phi) is 6.76. The van der Waals surface area contributed by atoms with Crippen molar-refractivity contribution in [2.45, 2.75) is 32.5 Å². The van der Waals surface area contributed by atoms with Crippen LogP contribution in [0.2, 0.25) is 0 Å². The van der Waals surface area contributed by atoms with Gasteiger partial charge in [-0.1, -0.05) is 13.0 Å². The van der Waals surface area contributed by atoms with E-state index in [-0.39, 0.29) is 11.3 Å². The second kappa shape index (κ2) is 8.85. The van der Waals surface area contributed by atoms with E-state index in [1.165, 1.54) is 14.0 Å². The molecule has 0 spiro atoms. The van der Waals surface area contributed by atoms with Gasteiger partial charge >= 0.3 is 18.2 Å². The number of carbonyl (C=O) groups is 2. The maximum atomic E-state index is 12.4. The lowest BCUT2D eigenvalue weighted by Gasteiger charge is -2.28. The zero-order chi connectivity index (χ0) is 20.9. The zero-order valence-electron chi connectivity index (χ0n) is 15.6. The largest absolute Gasteiger partial charge is 0.493 e. The molecule has 2 amide bonds. The van der Waals surface area contributed by atoms with Gasteiger partial charge in [-0.05, 0) is 31.0 Å². The molecule has 2 rings (SSSR count). The number of rotatable bonds is 7. The molecule has 28 heavy (non-hydrogen) atoms. The quantitative estimate of drug-likeness (QED) is 0.684. The number of methoxy groups -OCH3 is 1. The third kappa shape index (κ3) is 5.30. The summed E-state index contributed by atoms with van der Waals surface area (Å²) in [6, 6.07) is 3.13. The Bertz CT molecular complexity index is 777. The predicted octanol–water partition coefficient (Wildman–Crippen LogP) is 3.22. The number of ether oxygens (including phenoxy) is 3. The van der Waals surface area contributed by atoms with Crippen LogP contribution in [0.15, 0.2) is 29.5 Å². The van der Waals surface area contributed by atoms with E-state index in [2.05, 4.69) is 15.4 Å². The van der Waals surface area contributed by atoms with Crippen LogP contribution < -0.4 is 20.1 Å². The lowest BCUT2D eigenvalue weighted by molar-refractivity contribution is -0.183. The van der Waals surface area contributed by atoms with Crippen molar-refractivity contribution in [3.63, 3.8) is 0 Å². The first-order valence-corrected chi connectivity index (χ1v) is 8.49. The summed E-state index contributed by atoms with van der Waals surface area (Å²) >= 11 is 0. The van der Waals surface area contributed by atoms with E-state index in [1.54, 1.807) is 18.2 Å². The molecule has 154 valence electrons. The van der Waals surface area contributed by atoms with Crippen LogP contribution in [0.1, 0.15) is 31.9 Å². The number of nitrogens with one attached hydrogen (secondary N) is 2. The average Bonchev–Trinajstić information content (AvgIpc) is 2.63. The van der Waals surface area contributed by atoms with E-state index in [1.807, 2.05) is 6.92 Å². The van der Waals surface area contributed by atoms with Crippen LogP contribution in [0.3, 0.4) is 0 Å². The molecule has 0 saturated carbocycles. The van der Waals surface area contributed by atoms with Gasteiger partial charge in [0.2, 0.25) is 0 Å². The van der Waals surface area contributed by atoms with Gasteiger partial charge < -0.3 is 24.8 Å². The molecular formula is C18H21F3N2O5. The second-order valence-corrected chi connectivity index (χ2v) is 6.02. The average molecular weight is 402 g/mol. The predicted molar refractivity (Wildman–Crippen MR) is 92.9 cm³/mol. The van der Waals surface area contributed by atoms with Gasteiger partial charge in [0.05, 0.1) is 25.3 Å². The van der Waals surface area contributed by atoms with E-state index in [0.717, 1.165) is 6.42 Å². The van der Waals surface area contributed by atoms with Gasteiger partial charge in [0.25, 0.3) is 0 Å². The van der Waals surface area contributed by atoms with Crippen molar-refractivity contribution in [3.05, 3.63) is 35.0 Å². The number of benzene rings is 1. The van der Waals surface area contributed by atoms with E-state index in [0.29, 0.717) is 23.7 Å². The third-order valence-electron chi connectivity index (χ3n) is 3.84. The second-order valence-electron chi connectivity index (χ2n) is 6.02. The normalized spacial score (nSPS) is 16.9. The van der Waals surface area contributed by atoms with Crippen molar-refractivity contribution in [1.29, 1.82) is 0 Å². The molecule has 0 aliphatic carbocycles. The van der Waals surface area contributed by atoms with Crippen molar-refractivity contribution in [2.24, 2.45) is 0 Å². The van der Waals surface area contributed by atoms with Crippen LogP contribution in [0.25, 0.3) is 0 Å². The molecule has 0 aromatic heterocycles.